The molecule has 22 heavy (non-hydrogen) atoms. The van der Waals surface area contributed by atoms with Crippen molar-refractivity contribution >= 4 is 0 Å². The quantitative estimate of drug-likeness (QED) is 0.759. The average Bonchev–Trinajstić information content (AvgIpc) is 2.75. The van der Waals surface area contributed by atoms with Gasteiger partial charge in [-0.25, -0.2) is 0 Å². The fourth-order valence-electron chi connectivity index (χ4n) is 7.73. The highest BCUT2D eigenvalue weighted by atomic mass is 16.3. The molecule has 0 heterocycles. The number of aliphatic hydroxyl groups is 2. The van der Waals surface area contributed by atoms with Gasteiger partial charge in [-0.3, -0.25) is 0 Å². The van der Waals surface area contributed by atoms with E-state index in [1.165, 1.54) is 56.9 Å². The summed E-state index contributed by atoms with van der Waals surface area (Å²) in [5.41, 5.74) is 2.13. The summed E-state index contributed by atoms with van der Waals surface area (Å²) < 4.78 is 0. The second-order valence-corrected chi connectivity index (χ2v) is 9.36. The SMILES string of the molecule is C=C1C[C@@]23CC[C@@H]4C(CO)(CO)CCC[C@@]4(C)[C@@H]2CC[C@@H]1C3. The number of rotatable bonds is 2. The van der Waals surface area contributed by atoms with Crippen LogP contribution in [0.15, 0.2) is 12.2 Å². The van der Waals surface area contributed by atoms with Crippen molar-refractivity contribution in [2.45, 2.75) is 64.7 Å². The lowest BCUT2D eigenvalue weighted by atomic mass is 9.41. The number of hydrogen-bond acceptors (Lipinski definition) is 2. The van der Waals surface area contributed by atoms with Gasteiger partial charge in [0.15, 0.2) is 0 Å². The molecule has 4 rings (SSSR count). The summed E-state index contributed by atoms with van der Waals surface area (Å²) in [4.78, 5) is 0. The van der Waals surface area contributed by atoms with Crippen molar-refractivity contribution in [1.29, 1.82) is 0 Å². The van der Waals surface area contributed by atoms with Crippen molar-refractivity contribution in [1.82, 2.24) is 0 Å². The van der Waals surface area contributed by atoms with E-state index < -0.39 is 0 Å². The molecule has 2 heteroatoms. The molecule has 2 bridgehead atoms. The van der Waals surface area contributed by atoms with E-state index in [1.807, 2.05) is 0 Å². The van der Waals surface area contributed by atoms with Crippen LogP contribution in [0.4, 0.5) is 0 Å². The summed E-state index contributed by atoms with van der Waals surface area (Å²) in [6.07, 6.45) is 11.3. The van der Waals surface area contributed by atoms with Gasteiger partial charge in [-0.15, -0.1) is 0 Å². The molecule has 0 amide bonds. The standard InChI is InChI=1S/C20H32O2/c1-14-10-19-9-6-17-18(2,16(19)5-4-15(14)11-19)7-3-8-20(17,12-21)13-22/h15-17,21-22H,1,3-13H2,2H3/t15-,16+,17+,18+,19-/m1/s1. The lowest BCUT2D eigenvalue weighted by Crippen LogP contribution is -2.59. The van der Waals surface area contributed by atoms with E-state index in [-0.39, 0.29) is 18.6 Å². The first-order valence-corrected chi connectivity index (χ1v) is 9.39. The molecule has 0 aromatic heterocycles. The number of fused-ring (bicyclic) bond motifs is 3. The third kappa shape index (κ3) is 1.74. The normalized spacial score (nSPS) is 49.6. The molecule has 4 aliphatic rings. The Kier molecular flexibility index (Phi) is 3.34. The highest BCUT2D eigenvalue weighted by Gasteiger charge is 2.64. The van der Waals surface area contributed by atoms with Gasteiger partial charge in [0.2, 0.25) is 0 Å². The zero-order valence-corrected chi connectivity index (χ0v) is 14.1. The second-order valence-electron chi connectivity index (χ2n) is 9.36. The van der Waals surface area contributed by atoms with Gasteiger partial charge in [-0.2, -0.15) is 0 Å². The first-order valence-electron chi connectivity index (χ1n) is 9.39. The molecule has 0 radical (unpaired) electrons. The second kappa shape index (κ2) is 4.83. The molecule has 2 nitrogen and oxygen atoms in total. The number of allylic oxidation sites excluding steroid dienone is 1. The van der Waals surface area contributed by atoms with E-state index in [2.05, 4.69) is 13.5 Å². The van der Waals surface area contributed by atoms with Crippen molar-refractivity contribution in [2.75, 3.05) is 13.2 Å². The van der Waals surface area contributed by atoms with Crippen LogP contribution in [0.5, 0.6) is 0 Å². The molecule has 1 spiro atoms. The Hall–Kier alpha value is -0.340. The van der Waals surface area contributed by atoms with E-state index >= 15 is 0 Å². The van der Waals surface area contributed by atoms with Gasteiger partial charge in [0.1, 0.15) is 0 Å². The van der Waals surface area contributed by atoms with Crippen molar-refractivity contribution in [3.8, 4) is 0 Å². The fourth-order valence-corrected chi connectivity index (χ4v) is 7.73. The van der Waals surface area contributed by atoms with Gasteiger partial charge in [-0.1, -0.05) is 25.5 Å². The molecule has 0 aliphatic heterocycles. The largest absolute Gasteiger partial charge is 0.396 e. The minimum atomic E-state index is -0.221. The predicted molar refractivity (Wildman–Crippen MR) is 88.3 cm³/mol. The van der Waals surface area contributed by atoms with Crippen LogP contribution in [-0.4, -0.2) is 23.4 Å². The maximum absolute atomic E-state index is 10.1. The van der Waals surface area contributed by atoms with Gasteiger partial charge in [-0.05, 0) is 80.0 Å². The third-order valence-corrected chi connectivity index (χ3v) is 8.63. The molecular formula is C20H32O2. The van der Waals surface area contributed by atoms with Gasteiger partial charge in [0.05, 0.1) is 13.2 Å². The van der Waals surface area contributed by atoms with E-state index in [4.69, 9.17) is 0 Å². The van der Waals surface area contributed by atoms with Crippen LogP contribution in [0.1, 0.15) is 64.7 Å². The molecule has 0 aromatic carbocycles. The summed E-state index contributed by atoms with van der Waals surface area (Å²) in [5, 5.41) is 20.2. The zero-order chi connectivity index (χ0) is 15.6. The van der Waals surface area contributed by atoms with Crippen LogP contribution in [-0.2, 0) is 0 Å². The minimum absolute atomic E-state index is 0.165. The van der Waals surface area contributed by atoms with Crippen LogP contribution in [0, 0.1) is 34.0 Å². The Balaban J connectivity index is 1.73. The first kappa shape index (κ1) is 15.2. The average molecular weight is 304 g/mol. The van der Waals surface area contributed by atoms with E-state index in [0.717, 1.165) is 18.3 Å². The van der Waals surface area contributed by atoms with Crippen molar-refractivity contribution in [2.24, 2.45) is 34.0 Å². The highest BCUT2D eigenvalue weighted by Crippen LogP contribution is 2.72. The summed E-state index contributed by atoms with van der Waals surface area (Å²) in [7, 11) is 0. The van der Waals surface area contributed by atoms with Crippen LogP contribution in [0.2, 0.25) is 0 Å². The molecule has 124 valence electrons. The Morgan fingerprint density at radius 2 is 1.82 bits per heavy atom. The third-order valence-electron chi connectivity index (χ3n) is 8.63. The summed E-state index contributed by atoms with van der Waals surface area (Å²) in [6, 6.07) is 0. The monoisotopic (exact) mass is 304 g/mol. The lowest BCUT2D eigenvalue weighted by molar-refractivity contribution is -0.175. The molecule has 4 aliphatic carbocycles. The van der Waals surface area contributed by atoms with Crippen molar-refractivity contribution in [3.05, 3.63) is 12.2 Å². The minimum Gasteiger partial charge on any atom is -0.396 e. The lowest BCUT2D eigenvalue weighted by Gasteiger charge is -2.64. The Morgan fingerprint density at radius 3 is 2.55 bits per heavy atom. The van der Waals surface area contributed by atoms with Crippen LogP contribution < -0.4 is 0 Å². The summed E-state index contributed by atoms with van der Waals surface area (Å²) >= 11 is 0. The Labute approximate surface area is 135 Å². The molecule has 4 fully saturated rings. The molecule has 4 saturated carbocycles. The van der Waals surface area contributed by atoms with Gasteiger partial charge in [0, 0.05) is 5.41 Å². The molecule has 0 saturated heterocycles. The fraction of sp³-hybridized carbons (Fsp3) is 0.900. The molecule has 0 unspecified atom stereocenters. The van der Waals surface area contributed by atoms with Crippen LogP contribution in [0.25, 0.3) is 0 Å². The van der Waals surface area contributed by atoms with Crippen molar-refractivity contribution in [3.63, 3.8) is 0 Å². The number of hydrogen-bond donors (Lipinski definition) is 2. The summed E-state index contributed by atoms with van der Waals surface area (Å²) in [6.45, 7) is 7.23. The zero-order valence-electron chi connectivity index (χ0n) is 14.1. The topological polar surface area (TPSA) is 40.5 Å². The molecule has 5 atom stereocenters. The Morgan fingerprint density at radius 1 is 1.05 bits per heavy atom. The maximum Gasteiger partial charge on any atom is 0.0512 e. The van der Waals surface area contributed by atoms with E-state index in [1.54, 1.807) is 0 Å². The molecular weight excluding hydrogens is 272 g/mol. The van der Waals surface area contributed by atoms with E-state index in [9.17, 15) is 10.2 Å². The summed E-state index contributed by atoms with van der Waals surface area (Å²) in [5.74, 6) is 2.08. The van der Waals surface area contributed by atoms with Crippen LogP contribution >= 0.6 is 0 Å². The van der Waals surface area contributed by atoms with Crippen LogP contribution in [0.3, 0.4) is 0 Å². The first-order chi connectivity index (χ1) is 10.5. The van der Waals surface area contributed by atoms with Gasteiger partial charge >= 0.3 is 0 Å². The van der Waals surface area contributed by atoms with Gasteiger partial charge < -0.3 is 10.2 Å². The number of aliphatic hydroxyl groups excluding tert-OH is 2. The maximum atomic E-state index is 10.1. The highest BCUT2D eigenvalue weighted by molar-refractivity contribution is 5.22. The van der Waals surface area contributed by atoms with Gasteiger partial charge in [0.25, 0.3) is 0 Å². The molecule has 0 aromatic rings. The Bertz CT molecular complexity index is 480. The molecule has 2 N–H and O–H groups in total. The van der Waals surface area contributed by atoms with E-state index in [0.29, 0.717) is 16.7 Å². The predicted octanol–water partition coefficient (Wildman–Crippen LogP) is 3.92. The smallest absolute Gasteiger partial charge is 0.0512 e. The van der Waals surface area contributed by atoms with Crippen molar-refractivity contribution < 1.29 is 10.2 Å².